The summed E-state index contributed by atoms with van der Waals surface area (Å²) >= 11 is 3.21. The number of nitrogens with one attached hydrogen (secondary N) is 1. The molecule has 5 nitrogen and oxygen atoms in total. The molecule has 1 N–H and O–H groups in total. The van der Waals surface area contributed by atoms with Crippen LogP contribution in [0.4, 0.5) is 17.6 Å². The number of alkyl halides is 4. The molecule has 0 aliphatic heterocycles. The second kappa shape index (κ2) is 8.04. The molecule has 0 saturated heterocycles. The molecule has 122 valence electrons. The zero-order valence-electron chi connectivity index (χ0n) is 11.6. The highest BCUT2D eigenvalue weighted by atomic mass is 79.9. The van der Waals surface area contributed by atoms with Gasteiger partial charge in [0.05, 0.1) is 18.3 Å². The Morgan fingerprint density at radius 2 is 2.10 bits per heavy atom. The topological polar surface area (TPSA) is 52.0 Å². The predicted molar refractivity (Wildman–Crippen MR) is 71.5 cm³/mol. The third-order valence-electron chi connectivity index (χ3n) is 2.70. The summed E-state index contributed by atoms with van der Waals surface area (Å²) in [5.41, 5.74) is 0.601. The molecule has 1 heterocycles. The molecule has 1 rings (SSSR count). The van der Waals surface area contributed by atoms with Crippen molar-refractivity contribution in [2.45, 2.75) is 31.7 Å². The summed E-state index contributed by atoms with van der Waals surface area (Å²) in [6.45, 7) is 1.02. The molecule has 0 aromatic carbocycles. The Kier molecular flexibility index (Phi) is 7.01. The lowest BCUT2D eigenvalue weighted by atomic mass is 10.2. The molecule has 0 spiro atoms. The van der Waals surface area contributed by atoms with Crippen molar-refractivity contribution in [3.8, 4) is 0 Å². The highest BCUT2D eigenvalue weighted by Crippen LogP contribution is 2.25. The highest BCUT2D eigenvalue weighted by molar-refractivity contribution is 9.10. The fourth-order valence-electron chi connectivity index (χ4n) is 1.64. The molecular weight excluding hydrogens is 360 g/mol. The smallest absolute Gasteiger partial charge is 0.330 e. The molecule has 0 radical (unpaired) electrons. The fraction of sp³-hybridized carbons (Fsp3) is 0.818. The maximum absolute atomic E-state index is 12.8. The maximum Gasteiger partial charge on any atom is 0.330 e. The van der Waals surface area contributed by atoms with Gasteiger partial charge in [0.15, 0.2) is 4.60 Å². The predicted octanol–water partition coefficient (Wildman–Crippen LogP) is 2.54. The number of ether oxygens (including phenoxy) is 1. The van der Waals surface area contributed by atoms with Gasteiger partial charge in [-0.1, -0.05) is 12.1 Å². The number of aryl methyl sites for hydroxylation is 1. The molecule has 0 aliphatic rings. The molecule has 10 heteroatoms. The lowest BCUT2D eigenvalue weighted by Crippen LogP contribution is -2.35. The van der Waals surface area contributed by atoms with Crippen molar-refractivity contribution in [3.63, 3.8) is 0 Å². The van der Waals surface area contributed by atoms with Gasteiger partial charge in [-0.2, -0.15) is 8.78 Å². The fourth-order valence-corrected chi connectivity index (χ4v) is 2.24. The number of aromatic nitrogens is 3. The molecule has 21 heavy (non-hydrogen) atoms. The SMILES string of the molecule is CCCNC(COCC(F)(F)C(F)F)c1c(Br)nnn1C. The van der Waals surface area contributed by atoms with Gasteiger partial charge in [-0.25, -0.2) is 13.5 Å². The molecule has 1 unspecified atom stereocenters. The van der Waals surface area contributed by atoms with E-state index in [1.807, 2.05) is 6.92 Å². The van der Waals surface area contributed by atoms with Crippen LogP contribution in [-0.4, -0.2) is 47.1 Å². The van der Waals surface area contributed by atoms with E-state index in [2.05, 4.69) is 31.6 Å². The third kappa shape index (κ3) is 5.19. The number of halogens is 5. The molecule has 1 aromatic heterocycles. The monoisotopic (exact) mass is 376 g/mol. The lowest BCUT2D eigenvalue weighted by Gasteiger charge is -2.21. The van der Waals surface area contributed by atoms with Gasteiger partial charge in [-0.15, -0.1) is 5.10 Å². The summed E-state index contributed by atoms with van der Waals surface area (Å²) in [4.78, 5) is 0. The van der Waals surface area contributed by atoms with E-state index in [0.717, 1.165) is 6.42 Å². The number of hydrogen-bond acceptors (Lipinski definition) is 4. The molecule has 0 bridgehead atoms. The Bertz CT molecular complexity index is 424. The Morgan fingerprint density at radius 1 is 1.43 bits per heavy atom. The Balaban J connectivity index is 2.68. The molecule has 1 atom stereocenters. The van der Waals surface area contributed by atoms with Crippen LogP contribution in [0.15, 0.2) is 4.60 Å². The van der Waals surface area contributed by atoms with Gasteiger partial charge in [-0.05, 0) is 28.9 Å². The van der Waals surface area contributed by atoms with Crippen LogP contribution in [0.2, 0.25) is 0 Å². The molecule has 0 amide bonds. The van der Waals surface area contributed by atoms with Crippen LogP contribution < -0.4 is 5.32 Å². The summed E-state index contributed by atoms with van der Waals surface area (Å²) in [6, 6.07) is -0.479. The van der Waals surface area contributed by atoms with E-state index in [1.165, 1.54) is 4.68 Å². The van der Waals surface area contributed by atoms with Crippen LogP contribution in [0.3, 0.4) is 0 Å². The van der Waals surface area contributed by atoms with Gasteiger partial charge in [0.25, 0.3) is 0 Å². The number of hydrogen-bond donors (Lipinski definition) is 1. The van der Waals surface area contributed by atoms with Crippen molar-refractivity contribution < 1.29 is 22.3 Å². The first-order valence-corrected chi connectivity index (χ1v) is 7.11. The lowest BCUT2D eigenvalue weighted by molar-refractivity contribution is -0.167. The molecular formula is C11H17BrF4N4O. The van der Waals surface area contributed by atoms with Crippen LogP contribution in [-0.2, 0) is 11.8 Å². The van der Waals surface area contributed by atoms with Crippen LogP contribution in [0.5, 0.6) is 0 Å². The van der Waals surface area contributed by atoms with Gasteiger partial charge in [-0.3, -0.25) is 0 Å². The van der Waals surface area contributed by atoms with Crippen molar-refractivity contribution in [1.29, 1.82) is 0 Å². The first-order chi connectivity index (χ1) is 9.79. The number of nitrogens with zero attached hydrogens (tertiary/aromatic N) is 3. The van der Waals surface area contributed by atoms with Crippen molar-refractivity contribution in [2.24, 2.45) is 7.05 Å². The maximum atomic E-state index is 12.8. The van der Waals surface area contributed by atoms with Crippen molar-refractivity contribution in [3.05, 3.63) is 10.3 Å². The molecule has 0 fully saturated rings. The molecule has 1 aromatic rings. The van der Waals surface area contributed by atoms with E-state index in [0.29, 0.717) is 16.8 Å². The summed E-state index contributed by atoms with van der Waals surface area (Å²) < 4.78 is 56.4. The minimum absolute atomic E-state index is 0.192. The summed E-state index contributed by atoms with van der Waals surface area (Å²) in [6.07, 6.45) is -2.93. The van der Waals surface area contributed by atoms with E-state index < -0.39 is 25.0 Å². The van der Waals surface area contributed by atoms with Crippen LogP contribution in [0.1, 0.15) is 25.1 Å². The van der Waals surface area contributed by atoms with Crippen LogP contribution in [0.25, 0.3) is 0 Å². The van der Waals surface area contributed by atoms with Gasteiger partial charge in [0.1, 0.15) is 6.61 Å². The normalized spacial score (nSPS) is 13.9. The summed E-state index contributed by atoms with van der Waals surface area (Å²) in [5.74, 6) is -4.16. The van der Waals surface area contributed by atoms with Gasteiger partial charge in [0.2, 0.25) is 0 Å². The third-order valence-corrected chi connectivity index (χ3v) is 3.26. The Hall–Kier alpha value is -0.740. The minimum Gasteiger partial charge on any atom is -0.373 e. The van der Waals surface area contributed by atoms with E-state index in [9.17, 15) is 17.6 Å². The summed E-state index contributed by atoms with van der Waals surface area (Å²) in [5, 5.41) is 10.7. The standard InChI is InChI=1S/C11H17BrF4N4O/c1-3-4-17-7(8-9(12)18-19-20(8)2)5-21-6-11(15,16)10(13)14/h7,10,17H,3-6H2,1-2H3. The zero-order chi connectivity index (χ0) is 16.0. The van der Waals surface area contributed by atoms with Crippen LogP contribution >= 0.6 is 15.9 Å². The second-order valence-electron chi connectivity index (χ2n) is 4.47. The minimum atomic E-state index is -4.16. The van der Waals surface area contributed by atoms with E-state index in [4.69, 9.17) is 4.74 Å². The zero-order valence-corrected chi connectivity index (χ0v) is 13.2. The first kappa shape index (κ1) is 18.3. The number of rotatable bonds is 9. The summed E-state index contributed by atoms with van der Waals surface area (Å²) in [7, 11) is 1.64. The van der Waals surface area contributed by atoms with E-state index in [-0.39, 0.29) is 6.61 Å². The van der Waals surface area contributed by atoms with E-state index >= 15 is 0 Å². The van der Waals surface area contributed by atoms with Gasteiger partial charge in [0, 0.05) is 7.05 Å². The quantitative estimate of drug-likeness (QED) is 0.673. The highest BCUT2D eigenvalue weighted by Gasteiger charge is 2.41. The average molecular weight is 377 g/mol. The largest absolute Gasteiger partial charge is 0.373 e. The average Bonchev–Trinajstić information content (AvgIpc) is 2.73. The van der Waals surface area contributed by atoms with Gasteiger partial charge >= 0.3 is 12.3 Å². The van der Waals surface area contributed by atoms with Crippen LogP contribution in [0, 0.1) is 0 Å². The van der Waals surface area contributed by atoms with Crippen molar-refractivity contribution in [2.75, 3.05) is 19.8 Å². The van der Waals surface area contributed by atoms with Crippen molar-refractivity contribution >= 4 is 15.9 Å². The second-order valence-corrected chi connectivity index (χ2v) is 5.22. The van der Waals surface area contributed by atoms with Crippen molar-refractivity contribution in [1.82, 2.24) is 20.3 Å². The van der Waals surface area contributed by atoms with E-state index in [1.54, 1.807) is 7.05 Å². The Morgan fingerprint density at radius 3 is 2.57 bits per heavy atom. The Labute approximate surface area is 128 Å². The molecule has 0 saturated carbocycles. The van der Waals surface area contributed by atoms with Gasteiger partial charge < -0.3 is 10.1 Å². The first-order valence-electron chi connectivity index (χ1n) is 6.31. The molecule has 0 aliphatic carbocycles.